The third kappa shape index (κ3) is 6.10. The molecule has 5 rings (SSSR count). The van der Waals surface area contributed by atoms with Crippen LogP contribution in [0.15, 0.2) is 78.9 Å². The number of rotatable bonds is 8. The van der Waals surface area contributed by atoms with Gasteiger partial charge >= 0.3 is 5.97 Å². The lowest BCUT2D eigenvalue weighted by Gasteiger charge is -2.15. The minimum Gasteiger partial charge on any atom is -0.427 e. The van der Waals surface area contributed by atoms with Gasteiger partial charge in [0.25, 0.3) is 5.91 Å². The van der Waals surface area contributed by atoms with E-state index in [9.17, 15) is 18.8 Å². The van der Waals surface area contributed by atoms with Gasteiger partial charge in [0.05, 0.1) is 28.0 Å². The van der Waals surface area contributed by atoms with E-state index >= 15 is 0 Å². The molecule has 0 fully saturated rings. The van der Waals surface area contributed by atoms with Gasteiger partial charge < -0.3 is 10.1 Å². The van der Waals surface area contributed by atoms with Crippen LogP contribution in [0.5, 0.6) is 0 Å². The zero-order valence-electron chi connectivity index (χ0n) is 22.4. The van der Waals surface area contributed by atoms with Gasteiger partial charge in [-0.2, -0.15) is 5.10 Å². The molecule has 1 atom stereocenters. The maximum absolute atomic E-state index is 13.8. The number of benzene rings is 2. The zero-order chi connectivity index (χ0) is 29.1. The first-order valence-electron chi connectivity index (χ1n) is 13.0. The van der Waals surface area contributed by atoms with Crippen molar-refractivity contribution in [2.75, 3.05) is 6.54 Å². The number of hydrogen-bond acceptors (Lipinski definition) is 6. The normalized spacial score (nSPS) is 14.8. The van der Waals surface area contributed by atoms with Gasteiger partial charge in [0.2, 0.25) is 0 Å². The van der Waals surface area contributed by atoms with Crippen molar-refractivity contribution in [3.8, 4) is 5.69 Å². The fourth-order valence-electron chi connectivity index (χ4n) is 4.96. The van der Waals surface area contributed by atoms with Crippen LogP contribution in [0.4, 0.5) is 4.39 Å². The Morgan fingerprint density at radius 2 is 1.85 bits per heavy atom. The molecule has 208 valence electrons. The third-order valence-corrected chi connectivity index (χ3v) is 7.08. The average molecular weight is 573 g/mol. The van der Waals surface area contributed by atoms with Gasteiger partial charge in [0.1, 0.15) is 17.3 Å². The Bertz CT molecular complexity index is 1640. The van der Waals surface area contributed by atoms with E-state index < -0.39 is 17.7 Å². The van der Waals surface area contributed by atoms with Gasteiger partial charge in [0, 0.05) is 31.3 Å². The van der Waals surface area contributed by atoms with E-state index in [0.717, 1.165) is 16.8 Å². The second-order valence-electron chi connectivity index (χ2n) is 9.78. The topological polar surface area (TPSA) is 103 Å². The molecule has 1 unspecified atom stereocenters. The van der Waals surface area contributed by atoms with E-state index in [0.29, 0.717) is 22.6 Å². The van der Waals surface area contributed by atoms with Crippen molar-refractivity contribution >= 4 is 34.8 Å². The molecule has 1 amide bonds. The molecule has 41 heavy (non-hydrogen) atoms. The standard InChI is InChI=1S/C31H26ClFN4O4/c1-18-13-24(37-17-22(32)16-36-37)14-19(2)27(18)28-26(41-31(40)20-6-8-23(33)9-7-20)15-21(29(28)38)10-12-35-30(39)25-5-3-4-11-34-25/h3-9,11,13-14,16-17,21H,10,12,15H2,1-2H3,(H,35,39). The quantitative estimate of drug-likeness (QED) is 0.274. The molecule has 2 aromatic heterocycles. The highest BCUT2D eigenvalue weighted by molar-refractivity contribution is 6.30. The number of aromatic nitrogens is 3. The fraction of sp³-hybridized carbons (Fsp3) is 0.194. The van der Waals surface area contributed by atoms with Crippen LogP contribution in [0.2, 0.25) is 5.02 Å². The number of carbonyl (C=O) groups is 3. The number of carbonyl (C=O) groups excluding carboxylic acids is 3. The Morgan fingerprint density at radius 1 is 1.12 bits per heavy atom. The van der Waals surface area contributed by atoms with Crippen LogP contribution < -0.4 is 5.32 Å². The first-order valence-corrected chi connectivity index (χ1v) is 13.4. The highest BCUT2D eigenvalue weighted by Gasteiger charge is 2.37. The number of Topliss-reactive ketones (excluding diaryl/α,β-unsaturated/α-hetero) is 1. The molecule has 1 aliphatic carbocycles. The molecule has 2 aromatic carbocycles. The maximum atomic E-state index is 13.8. The van der Waals surface area contributed by atoms with Gasteiger partial charge in [-0.25, -0.2) is 13.9 Å². The number of nitrogens with zero attached hydrogens (tertiary/aromatic N) is 3. The van der Waals surface area contributed by atoms with Crippen molar-refractivity contribution < 1.29 is 23.5 Å². The van der Waals surface area contributed by atoms with Crippen LogP contribution in [0, 0.1) is 25.6 Å². The molecule has 8 nitrogen and oxygen atoms in total. The molecule has 0 saturated carbocycles. The summed E-state index contributed by atoms with van der Waals surface area (Å²) < 4.78 is 20.8. The van der Waals surface area contributed by atoms with Crippen LogP contribution in [-0.4, -0.2) is 39.0 Å². The SMILES string of the molecule is Cc1cc(-n2cc(Cl)cn2)cc(C)c1C1=C(OC(=O)c2ccc(F)cc2)CC(CCNC(=O)c2ccccn2)C1=O. The van der Waals surface area contributed by atoms with Gasteiger partial charge in [-0.1, -0.05) is 17.7 Å². The van der Waals surface area contributed by atoms with Crippen molar-refractivity contribution in [2.45, 2.75) is 26.7 Å². The van der Waals surface area contributed by atoms with E-state index in [1.807, 2.05) is 26.0 Å². The summed E-state index contributed by atoms with van der Waals surface area (Å²) in [4.78, 5) is 43.3. The van der Waals surface area contributed by atoms with Gasteiger partial charge in [-0.05, 0) is 85.5 Å². The van der Waals surface area contributed by atoms with Crippen molar-refractivity contribution in [2.24, 2.45) is 5.92 Å². The lowest BCUT2D eigenvalue weighted by atomic mass is 9.91. The molecule has 1 aliphatic rings. The van der Waals surface area contributed by atoms with E-state index in [2.05, 4.69) is 15.4 Å². The summed E-state index contributed by atoms with van der Waals surface area (Å²) >= 11 is 6.05. The first-order chi connectivity index (χ1) is 19.7. The Morgan fingerprint density at radius 3 is 2.49 bits per heavy atom. The minimum atomic E-state index is -0.687. The molecule has 0 bridgehead atoms. The molecule has 0 spiro atoms. The summed E-state index contributed by atoms with van der Waals surface area (Å²) in [5.41, 5.74) is 3.77. The number of allylic oxidation sites excluding steroid dienone is 2. The highest BCUT2D eigenvalue weighted by atomic mass is 35.5. The number of aryl methyl sites for hydroxylation is 2. The fourth-order valence-corrected chi connectivity index (χ4v) is 5.10. The number of halogens is 2. The Labute approximate surface area is 240 Å². The number of ketones is 1. The Kier molecular flexibility index (Phi) is 8.07. The van der Waals surface area contributed by atoms with E-state index in [1.165, 1.54) is 36.7 Å². The number of amides is 1. The maximum Gasteiger partial charge on any atom is 0.343 e. The van der Waals surface area contributed by atoms with Crippen LogP contribution >= 0.6 is 11.6 Å². The Hall–Kier alpha value is -4.63. The van der Waals surface area contributed by atoms with Gasteiger partial charge in [-0.3, -0.25) is 14.6 Å². The molecule has 1 N–H and O–H groups in total. The monoisotopic (exact) mass is 572 g/mol. The summed E-state index contributed by atoms with van der Waals surface area (Å²) in [7, 11) is 0. The molecule has 0 saturated heterocycles. The third-order valence-electron chi connectivity index (χ3n) is 6.88. The molecule has 4 aromatic rings. The molecular weight excluding hydrogens is 547 g/mol. The second-order valence-corrected chi connectivity index (χ2v) is 10.2. The first kappa shape index (κ1) is 27.9. The van der Waals surface area contributed by atoms with Crippen molar-refractivity contribution in [1.82, 2.24) is 20.1 Å². The second kappa shape index (κ2) is 11.9. The minimum absolute atomic E-state index is 0.163. The summed E-state index contributed by atoms with van der Waals surface area (Å²) in [5.74, 6) is -1.96. The number of pyridine rings is 1. The van der Waals surface area contributed by atoms with Crippen LogP contribution in [0.1, 0.15) is 50.4 Å². The molecule has 10 heteroatoms. The molecule has 2 heterocycles. The number of nitrogens with one attached hydrogen (secondary N) is 1. The van der Waals surface area contributed by atoms with E-state index in [1.54, 1.807) is 29.1 Å². The Balaban J connectivity index is 1.43. The lowest BCUT2D eigenvalue weighted by Crippen LogP contribution is -2.27. The average Bonchev–Trinajstić information content (AvgIpc) is 3.52. The summed E-state index contributed by atoms with van der Waals surface area (Å²) in [6.45, 7) is 3.98. The molecule has 0 radical (unpaired) electrons. The molecule has 0 aliphatic heterocycles. The predicted octanol–water partition coefficient (Wildman–Crippen LogP) is 5.65. The smallest absolute Gasteiger partial charge is 0.343 e. The van der Waals surface area contributed by atoms with Crippen LogP contribution in [0.25, 0.3) is 11.3 Å². The summed E-state index contributed by atoms with van der Waals surface area (Å²) in [6, 6.07) is 13.8. The largest absolute Gasteiger partial charge is 0.427 e. The number of ether oxygens (including phenoxy) is 1. The molecular formula is C31H26ClFN4O4. The summed E-state index contributed by atoms with van der Waals surface area (Å²) in [5, 5.41) is 7.55. The van der Waals surface area contributed by atoms with Crippen molar-refractivity contribution in [3.05, 3.63) is 118 Å². The van der Waals surface area contributed by atoms with E-state index in [-0.39, 0.29) is 41.7 Å². The van der Waals surface area contributed by atoms with Crippen molar-refractivity contribution in [1.29, 1.82) is 0 Å². The number of esters is 1. The highest BCUT2D eigenvalue weighted by Crippen LogP contribution is 2.40. The van der Waals surface area contributed by atoms with Gasteiger partial charge in [0.15, 0.2) is 5.78 Å². The van der Waals surface area contributed by atoms with Crippen LogP contribution in [-0.2, 0) is 9.53 Å². The van der Waals surface area contributed by atoms with E-state index in [4.69, 9.17) is 16.3 Å². The zero-order valence-corrected chi connectivity index (χ0v) is 23.1. The lowest BCUT2D eigenvalue weighted by molar-refractivity contribution is -0.116. The summed E-state index contributed by atoms with van der Waals surface area (Å²) in [6.07, 6.45) is 5.26. The van der Waals surface area contributed by atoms with Crippen molar-refractivity contribution in [3.63, 3.8) is 0 Å². The van der Waals surface area contributed by atoms with Gasteiger partial charge in [-0.15, -0.1) is 0 Å². The number of hydrogen-bond donors (Lipinski definition) is 1. The predicted molar refractivity (Wildman–Crippen MR) is 151 cm³/mol. The van der Waals surface area contributed by atoms with Crippen LogP contribution in [0.3, 0.4) is 0 Å².